The highest BCUT2D eigenvalue weighted by Gasteiger charge is 2.32. The van der Waals surface area contributed by atoms with Crippen LogP contribution in [0.2, 0.25) is 0 Å². The van der Waals surface area contributed by atoms with Gasteiger partial charge in [-0.3, -0.25) is 4.79 Å². The number of rotatable bonds is 6. The zero-order valence-corrected chi connectivity index (χ0v) is 19.0. The van der Waals surface area contributed by atoms with Gasteiger partial charge in [-0.25, -0.2) is 9.18 Å². The van der Waals surface area contributed by atoms with Gasteiger partial charge in [0.2, 0.25) is 0 Å². The van der Waals surface area contributed by atoms with Crippen LogP contribution >= 0.6 is 0 Å². The second kappa shape index (κ2) is 10.2. The molecule has 3 aromatic rings. The van der Waals surface area contributed by atoms with Gasteiger partial charge < -0.3 is 25.0 Å². The number of hydrogen-bond donors (Lipinski definition) is 2. The maximum Gasteiger partial charge on any atom is 0.322 e. The molecule has 8 heteroatoms. The summed E-state index contributed by atoms with van der Waals surface area (Å²) in [4.78, 5) is 27.6. The van der Waals surface area contributed by atoms with Gasteiger partial charge in [0, 0.05) is 24.3 Å². The van der Waals surface area contributed by atoms with Gasteiger partial charge in [-0.1, -0.05) is 24.3 Å². The Morgan fingerprint density at radius 2 is 1.74 bits per heavy atom. The minimum atomic E-state index is -0.468. The van der Waals surface area contributed by atoms with E-state index in [2.05, 4.69) is 10.6 Å². The number of urea groups is 1. The summed E-state index contributed by atoms with van der Waals surface area (Å²) in [7, 11) is 3.12. The molecule has 7 nitrogen and oxygen atoms in total. The van der Waals surface area contributed by atoms with Crippen LogP contribution in [0.15, 0.2) is 66.7 Å². The van der Waals surface area contributed by atoms with Crippen LogP contribution in [-0.4, -0.2) is 44.1 Å². The summed E-state index contributed by atoms with van der Waals surface area (Å²) in [6.45, 7) is 0.599. The van der Waals surface area contributed by atoms with Crippen LogP contribution in [0.3, 0.4) is 0 Å². The number of halogens is 1. The molecule has 1 heterocycles. The smallest absolute Gasteiger partial charge is 0.322 e. The second-order valence-electron chi connectivity index (χ2n) is 7.88. The lowest BCUT2D eigenvalue weighted by molar-refractivity contribution is 0.0936. The molecule has 1 aliphatic rings. The van der Waals surface area contributed by atoms with Gasteiger partial charge in [0.05, 0.1) is 20.3 Å². The Bertz CT molecular complexity index is 1190. The second-order valence-corrected chi connectivity index (χ2v) is 7.88. The lowest BCUT2D eigenvalue weighted by atomic mass is 9.91. The van der Waals surface area contributed by atoms with E-state index in [1.54, 1.807) is 49.5 Å². The van der Waals surface area contributed by atoms with Crippen molar-refractivity contribution in [1.29, 1.82) is 0 Å². The first-order valence-corrected chi connectivity index (χ1v) is 10.9. The summed E-state index contributed by atoms with van der Waals surface area (Å²) in [5.74, 6) is 0.461. The molecular weight excluding hydrogens is 437 g/mol. The van der Waals surface area contributed by atoms with E-state index < -0.39 is 11.9 Å². The Morgan fingerprint density at radius 1 is 1.00 bits per heavy atom. The molecule has 2 N–H and O–H groups in total. The van der Waals surface area contributed by atoms with Gasteiger partial charge in [-0.2, -0.15) is 0 Å². The summed E-state index contributed by atoms with van der Waals surface area (Å²) in [6.07, 6.45) is 0.593. The molecule has 3 amide bonds. The Morgan fingerprint density at radius 3 is 2.44 bits per heavy atom. The van der Waals surface area contributed by atoms with E-state index in [-0.39, 0.29) is 18.5 Å². The number of carbonyl (C=O) groups excluding carboxylic acids is 2. The van der Waals surface area contributed by atoms with Crippen molar-refractivity contribution in [3.8, 4) is 11.5 Å². The van der Waals surface area contributed by atoms with Gasteiger partial charge in [0.25, 0.3) is 5.91 Å². The molecule has 0 spiro atoms. The molecule has 0 saturated carbocycles. The third-order valence-corrected chi connectivity index (χ3v) is 5.83. The van der Waals surface area contributed by atoms with E-state index >= 15 is 0 Å². The first-order chi connectivity index (χ1) is 16.5. The predicted molar refractivity (Wildman–Crippen MR) is 127 cm³/mol. The number of nitrogens with one attached hydrogen (secondary N) is 2. The monoisotopic (exact) mass is 463 g/mol. The van der Waals surface area contributed by atoms with Gasteiger partial charge in [0.1, 0.15) is 5.82 Å². The van der Waals surface area contributed by atoms with E-state index in [0.717, 1.165) is 11.1 Å². The van der Waals surface area contributed by atoms with Crippen molar-refractivity contribution in [3.05, 3.63) is 89.2 Å². The largest absolute Gasteiger partial charge is 0.493 e. The van der Waals surface area contributed by atoms with Gasteiger partial charge in [0.15, 0.2) is 11.5 Å². The fourth-order valence-corrected chi connectivity index (χ4v) is 4.13. The average Bonchev–Trinajstić information content (AvgIpc) is 2.86. The van der Waals surface area contributed by atoms with Crippen molar-refractivity contribution < 1.29 is 23.5 Å². The Kier molecular flexibility index (Phi) is 6.96. The molecule has 0 unspecified atom stereocenters. The number of nitrogens with zero attached hydrogens (tertiary/aromatic N) is 1. The molecule has 34 heavy (non-hydrogen) atoms. The van der Waals surface area contributed by atoms with Crippen molar-refractivity contribution >= 4 is 17.6 Å². The third-order valence-electron chi connectivity index (χ3n) is 5.83. The molecule has 0 aliphatic carbocycles. The molecule has 0 radical (unpaired) electrons. The van der Waals surface area contributed by atoms with Crippen LogP contribution in [0.5, 0.6) is 11.5 Å². The van der Waals surface area contributed by atoms with Crippen molar-refractivity contribution in [2.75, 3.05) is 32.6 Å². The maximum atomic E-state index is 13.6. The van der Waals surface area contributed by atoms with Gasteiger partial charge >= 0.3 is 6.03 Å². The number of carbonyl (C=O) groups is 2. The van der Waals surface area contributed by atoms with Crippen LogP contribution in [0.1, 0.15) is 27.5 Å². The van der Waals surface area contributed by atoms with Crippen molar-refractivity contribution in [1.82, 2.24) is 10.2 Å². The van der Waals surface area contributed by atoms with E-state index in [1.165, 1.54) is 18.2 Å². The third kappa shape index (κ3) is 4.96. The van der Waals surface area contributed by atoms with Crippen LogP contribution in [0.4, 0.5) is 14.9 Å². The lowest BCUT2D eigenvalue weighted by Crippen LogP contribution is -2.46. The predicted octanol–water partition coefficient (Wildman–Crippen LogP) is 4.40. The Labute approximate surface area is 197 Å². The molecule has 176 valence electrons. The zero-order chi connectivity index (χ0) is 24.1. The topological polar surface area (TPSA) is 79.9 Å². The first kappa shape index (κ1) is 23.1. The minimum Gasteiger partial charge on any atom is -0.493 e. The fraction of sp³-hybridized carbons (Fsp3) is 0.231. The average molecular weight is 464 g/mol. The number of benzene rings is 3. The van der Waals surface area contributed by atoms with Crippen molar-refractivity contribution in [3.63, 3.8) is 0 Å². The molecule has 0 bridgehead atoms. The van der Waals surface area contributed by atoms with Crippen LogP contribution < -0.4 is 20.1 Å². The number of ether oxygens (including phenoxy) is 2. The fourth-order valence-electron chi connectivity index (χ4n) is 4.13. The molecule has 4 rings (SSSR count). The van der Waals surface area contributed by atoms with Gasteiger partial charge in [-0.05, 0) is 60.0 Å². The number of hydrogen-bond acceptors (Lipinski definition) is 4. The standard InChI is InChI=1S/C26H26FN3O4/c1-33-23-13-18-11-12-30(26(32)29-20-10-6-9-19(27)14-20)22(21(18)15-24(23)34-2)16-28-25(31)17-7-4-3-5-8-17/h3-10,13-15,22H,11-12,16H2,1-2H3,(H,28,31)(H,29,32)/t22-/m0/s1. The first-order valence-electron chi connectivity index (χ1n) is 10.9. The van der Waals surface area contributed by atoms with Crippen LogP contribution in [-0.2, 0) is 6.42 Å². The quantitative estimate of drug-likeness (QED) is 0.568. The normalized spacial score (nSPS) is 14.7. The van der Waals surface area contributed by atoms with E-state index in [9.17, 15) is 14.0 Å². The Hall–Kier alpha value is -4.07. The van der Waals surface area contributed by atoms with Crippen molar-refractivity contribution in [2.45, 2.75) is 12.5 Å². The summed E-state index contributed by atoms with van der Waals surface area (Å²) in [6, 6.07) is 17.5. The highest BCUT2D eigenvalue weighted by Crippen LogP contribution is 2.38. The van der Waals surface area contributed by atoms with Crippen molar-refractivity contribution in [2.24, 2.45) is 0 Å². The molecule has 0 aromatic heterocycles. The summed E-state index contributed by atoms with van der Waals surface area (Å²) in [5.41, 5.74) is 2.75. The SMILES string of the molecule is COc1cc2c(cc1OC)[C@H](CNC(=O)c1ccccc1)N(C(=O)Nc1cccc(F)c1)CC2. The van der Waals surface area contributed by atoms with E-state index in [1.807, 2.05) is 18.2 Å². The number of amides is 3. The van der Waals surface area contributed by atoms with Crippen LogP contribution in [0.25, 0.3) is 0 Å². The molecule has 1 atom stereocenters. The highest BCUT2D eigenvalue weighted by atomic mass is 19.1. The van der Waals surface area contributed by atoms with Crippen LogP contribution in [0, 0.1) is 5.82 Å². The number of fused-ring (bicyclic) bond motifs is 1. The van der Waals surface area contributed by atoms with Gasteiger partial charge in [-0.15, -0.1) is 0 Å². The van der Waals surface area contributed by atoms with E-state index in [4.69, 9.17) is 9.47 Å². The number of methoxy groups -OCH3 is 2. The molecule has 1 aliphatic heterocycles. The molecular formula is C26H26FN3O4. The summed E-state index contributed by atoms with van der Waals surface area (Å²) >= 11 is 0. The zero-order valence-electron chi connectivity index (χ0n) is 19.0. The van der Waals surface area contributed by atoms with E-state index in [0.29, 0.717) is 35.7 Å². The minimum absolute atomic E-state index is 0.187. The molecule has 0 fully saturated rings. The molecule has 3 aromatic carbocycles. The molecule has 0 saturated heterocycles. The summed E-state index contributed by atoms with van der Waals surface area (Å²) < 4.78 is 24.5. The number of anilines is 1. The Balaban J connectivity index is 1.63. The highest BCUT2D eigenvalue weighted by molar-refractivity contribution is 5.94. The lowest BCUT2D eigenvalue weighted by Gasteiger charge is -2.38. The summed E-state index contributed by atoms with van der Waals surface area (Å²) in [5, 5.41) is 5.70. The maximum absolute atomic E-state index is 13.6.